The Morgan fingerprint density at radius 2 is 2.19 bits per heavy atom. The monoisotopic (exact) mass is 432 g/mol. The molecule has 170 valence electrons. The maximum atomic E-state index is 12.7. The average Bonchev–Trinajstić information content (AvgIpc) is 3.26. The van der Waals surface area contributed by atoms with E-state index in [1.54, 1.807) is 24.6 Å². The van der Waals surface area contributed by atoms with Gasteiger partial charge in [-0.25, -0.2) is 9.78 Å². The Labute approximate surface area is 182 Å². The van der Waals surface area contributed by atoms with Crippen LogP contribution in [0.25, 0.3) is 11.0 Å². The molecule has 3 heterocycles. The third-order valence-electron chi connectivity index (χ3n) is 5.21. The summed E-state index contributed by atoms with van der Waals surface area (Å²) in [6.45, 7) is 8.02. The van der Waals surface area contributed by atoms with Crippen LogP contribution >= 0.6 is 0 Å². The Bertz CT molecular complexity index is 957. The van der Waals surface area contributed by atoms with Crippen molar-refractivity contribution in [3.8, 4) is 0 Å². The van der Waals surface area contributed by atoms with Crippen LogP contribution in [-0.4, -0.2) is 58.0 Å². The van der Waals surface area contributed by atoms with Gasteiger partial charge in [-0.1, -0.05) is 0 Å². The van der Waals surface area contributed by atoms with Crippen LogP contribution in [0.5, 0.6) is 0 Å². The summed E-state index contributed by atoms with van der Waals surface area (Å²) in [4.78, 5) is 29.2. The quantitative estimate of drug-likeness (QED) is 0.550. The molecule has 2 aromatic rings. The molecule has 0 unspecified atom stereocenters. The number of carbonyl (C=O) groups excluding carboxylic acids is 2. The molecule has 0 aliphatic carbocycles. The molecule has 31 heavy (non-hydrogen) atoms. The average molecular weight is 433 g/mol. The summed E-state index contributed by atoms with van der Waals surface area (Å²) in [6.07, 6.45) is 4.06. The Hall–Kier alpha value is -2.65. The molecule has 0 spiro atoms. The van der Waals surface area contributed by atoms with Gasteiger partial charge in [-0.2, -0.15) is 0 Å². The second kappa shape index (κ2) is 9.23. The summed E-state index contributed by atoms with van der Waals surface area (Å²) in [6, 6.07) is 1.84. The molecule has 1 aliphatic rings. The lowest BCUT2D eigenvalue weighted by Gasteiger charge is -2.23. The highest BCUT2D eigenvalue weighted by atomic mass is 16.5. The lowest BCUT2D eigenvalue weighted by atomic mass is 10.0. The van der Waals surface area contributed by atoms with Crippen LogP contribution < -0.4 is 10.6 Å². The van der Waals surface area contributed by atoms with E-state index in [1.807, 2.05) is 13.0 Å². The van der Waals surface area contributed by atoms with Gasteiger partial charge in [-0.15, -0.1) is 0 Å². The molecular formula is C22H32N4O5. The first kappa shape index (κ1) is 23.0. The van der Waals surface area contributed by atoms with Crippen molar-refractivity contribution in [2.45, 2.75) is 71.2 Å². The number of methoxy groups -OCH3 is 1. The van der Waals surface area contributed by atoms with Crippen LogP contribution in [0.15, 0.2) is 12.3 Å². The van der Waals surface area contributed by atoms with Crippen molar-refractivity contribution in [1.29, 1.82) is 0 Å². The number of carbonyl (C=O) groups is 2. The molecule has 1 saturated heterocycles. The molecule has 3 rings (SSSR count). The SMILES string of the molecule is COC(=O)c1c(NC(C)=O)c2cc(N[C@@H](C)CC(C)(C)O)cnc2n1C[C@H]1CCCO1. The van der Waals surface area contributed by atoms with Crippen molar-refractivity contribution in [3.05, 3.63) is 18.0 Å². The number of fused-ring (bicyclic) bond motifs is 1. The summed E-state index contributed by atoms with van der Waals surface area (Å²) in [7, 11) is 1.31. The number of pyridine rings is 1. The van der Waals surface area contributed by atoms with E-state index < -0.39 is 11.6 Å². The number of amides is 1. The van der Waals surface area contributed by atoms with E-state index in [2.05, 4.69) is 15.6 Å². The van der Waals surface area contributed by atoms with Crippen LogP contribution in [0.1, 0.15) is 57.4 Å². The zero-order valence-electron chi connectivity index (χ0n) is 18.8. The topological polar surface area (TPSA) is 115 Å². The highest BCUT2D eigenvalue weighted by Gasteiger charge is 2.28. The molecule has 2 aromatic heterocycles. The number of hydrogen-bond donors (Lipinski definition) is 3. The predicted octanol–water partition coefficient (Wildman–Crippen LogP) is 2.92. The van der Waals surface area contributed by atoms with Crippen molar-refractivity contribution in [1.82, 2.24) is 9.55 Å². The van der Waals surface area contributed by atoms with Crippen LogP contribution in [0.2, 0.25) is 0 Å². The minimum atomic E-state index is -0.812. The van der Waals surface area contributed by atoms with Crippen molar-refractivity contribution >= 4 is 34.3 Å². The second-order valence-electron chi connectivity index (χ2n) is 8.80. The van der Waals surface area contributed by atoms with Crippen molar-refractivity contribution in [2.24, 2.45) is 0 Å². The van der Waals surface area contributed by atoms with Gasteiger partial charge >= 0.3 is 5.97 Å². The fourth-order valence-corrected chi connectivity index (χ4v) is 4.17. The Kier molecular flexibility index (Phi) is 6.86. The summed E-state index contributed by atoms with van der Waals surface area (Å²) >= 11 is 0. The molecule has 0 bridgehead atoms. The van der Waals surface area contributed by atoms with Crippen molar-refractivity contribution in [3.63, 3.8) is 0 Å². The Morgan fingerprint density at radius 3 is 2.77 bits per heavy atom. The zero-order chi connectivity index (χ0) is 22.8. The van der Waals surface area contributed by atoms with Crippen molar-refractivity contribution < 1.29 is 24.2 Å². The van der Waals surface area contributed by atoms with Crippen LogP contribution in [-0.2, 0) is 20.8 Å². The van der Waals surface area contributed by atoms with Gasteiger partial charge in [0.15, 0.2) is 5.69 Å². The molecule has 0 aromatic carbocycles. The minimum Gasteiger partial charge on any atom is -0.464 e. The molecule has 1 fully saturated rings. The van der Waals surface area contributed by atoms with Gasteiger partial charge in [0.05, 0.1) is 42.9 Å². The molecule has 1 amide bonds. The van der Waals surface area contributed by atoms with Gasteiger partial charge in [0, 0.05) is 25.0 Å². The van der Waals surface area contributed by atoms with E-state index in [0.29, 0.717) is 36.3 Å². The molecule has 1 aliphatic heterocycles. The van der Waals surface area contributed by atoms with Gasteiger partial charge in [-0.3, -0.25) is 4.79 Å². The zero-order valence-corrected chi connectivity index (χ0v) is 18.8. The number of ether oxygens (including phenoxy) is 2. The van der Waals surface area contributed by atoms with E-state index in [4.69, 9.17) is 9.47 Å². The second-order valence-corrected chi connectivity index (χ2v) is 8.80. The highest BCUT2D eigenvalue weighted by Crippen LogP contribution is 2.34. The molecule has 0 saturated carbocycles. The van der Waals surface area contributed by atoms with Gasteiger partial charge in [0.25, 0.3) is 0 Å². The first-order valence-corrected chi connectivity index (χ1v) is 10.6. The number of aromatic nitrogens is 2. The summed E-state index contributed by atoms with van der Waals surface area (Å²) in [5.74, 6) is -0.847. The Morgan fingerprint density at radius 1 is 1.45 bits per heavy atom. The number of aliphatic hydroxyl groups is 1. The molecule has 9 nitrogen and oxygen atoms in total. The molecule has 9 heteroatoms. The van der Waals surface area contributed by atoms with E-state index >= 15 is 0 Å². The molecule has 3 N–H and O–H groups in total. The van der Waals surface area contributed by atoms with Crippen LogP contribution in [0.3, 0.4) is 0 Å². The molecule has 2 atom stereocenters. The minimum absolute atomic E-state index is 0.0162. The smallest absolute Gasteiger partial charge is 0.356 e. The first-order chi connectivity index (χ1) is 14.6. The Balaban J connectivity index is 2.08. The lowest BCUT2D eigenvalue weighted by molar-refractivity contribution is -0.114. The fourth-order valence-electron chi connectivity index (χ4n) is 4.17. The summed E-state index contributed by atoms with van der Waals surface area (Å²) < 4.78 is 12.6. The highest BCUT2D eigenvalue weighted by molar-refractivity contribution is 6.10. The maximum absolute atomic E-state index is 12.7. The number of esters is 1. The molecular weight excluding hydrogens is 400 g/mol. The van der Waals surface area contributed by atoms with E-state index in [9.17, 15) is 14.7 Å². The lowest BCUT2D eigenvalue weighted by Crippen LogP contribution is -2.29. The normalized spacial score (nSPS) is 17.5. The van der Waals surface area contributed by atoms with Gasteiger partial charge in [0.1, 0.15) is 5.65 Å². The number of nitrogens with zero attached hydrogens (tertiary/aromatic N) is 2. The third kappa shape index (κ3) is 5.54. The van der Waals surface area contributed by atoms with Crippen LogP contribution in [0.4, 0.5) is 11.4 Å². The van der Waals surface area contributed by atoms with Crippen molar-refractivity contribution in [2.75, 3.05) is 24.4 Å². The standard InChI is InChI=1S/C22H32N4O5/c1-13(10-22(3,4)29)24-15-9-17-18(25-14(2)27)19(21(28)30-5)26(20(17)23-11-15)12-16-7-6-8-31-16/h9,11,13,16,24,29H,6-8,10,12H2,1-5H3,(H,25,27)/t13-,16+/m0/s1. The van der Waals surface area contributed by atoms with Gasteiger partial charge in [-0.05, 0) is 46.1 Å². The predicted molar refractivity (Wildman–Crippen MR) is 118 cm³/mol. The number of anilines is 2. The fraction of sp³-hybridized carbons (Fsp3) is 0.591. The number of hydrogen-bond acceptors (Lipinski definition) is 7. The van der Waals surface area contributed by atoms with Gasteiger partial charge in [0.2, 0.25) is 5.91 Å². The number of rotatable bonds is 8. The van der Waals surface area contributed by atoms with E-state index in [1.165, 1.54) is 14.0 Å². The van der Waals surface area contributed by atoms with Crippen LogP contribution in [0, 0.1) is 0 Å². The summed E-state index contributed by atoms with van der Waals surface area (Å²) in [5, 5.41) is 16.8. The van der Waals surface area contributed by atoms with E-state index in [0.717, 1.165) is 18.5 Å². The maximum Gasteiger partial charge on any atom is 0.356 e. The van der Waals surface area contributed by atoms with E-state index in [-0.39, 0.29) is 23.7 Å². The van der Waals surface area contributed by atoms with Gasteiger partial charge < -0.3 is 29.8 Å². The third-order valence-corrected chi connectivity index (χ3v) is 5.21. The first-order valence-electron chi connectivity index (χ1n) is 10.6. The summed E-state index contributed by atoms with van der Waals surface area (Å²) in [5.41, 5.74) is 1.10. The number of nitrogens with one attached hydrogen (secondary N) is 2. The largest absolute Gasteiger partial charge is 0.464 e. The molecule has 0 radical (unpaired) electrons.